The minimum absolute atomic E-state index is 0.339. The normalized spacial score (nSPS) is 13.7. The van der Waals surface area contributed by atoms with Crippen LogP contribution in [0.3, 0.4) is 0 Å². The molecule has 0 atom stereocenters. The Morgan fingerprint density at radius 3 is 2.94 bits per heavy atom. The van der Waals surface area contributed by atoms with Crippen molar-refractivity contribution in [3.05, 3.63) is 40.4 Å². The SMILES string of the molecule is C=C(Br)CN1CCc2ccc(C(=O)O)cc21. The van der Waals surface area contributed by atoms with Gasteiger partial charge in [0.2, 0.25) is 0 Å². The van der Waals surface area contributed by atoms with Gasteiger partial charge in [-0.2, -0.15) is 0 Å². The predicted octanol–water partition coefficient (Wildman–Crippen LogP) is 2.66. The summed E-state index contributed by atoms with van der Waals surface area (Å²) in [5, 5.41) is 8.94. The van der Waals surface area contributed by atoms with E-state index < -0.39 is 5.97 Å². The third kappa shape index (κ3) is 2.11. The van der Waals surface area contributed by atoms with E-state index in [-0.39, 0.29) is 0 Å². The Kier molecular flexibility index (Phi) is 3.01. The molecule has 0 aliphatic carbocycles. The lowest BCUT2D eigenvalue weighted by Crippen LogP contribution is -2.21. The van der Waals surface area contributed by atoms with Crippen molar-refractivity contribution in [2.24, 2.45) is 0 Å². The highest BCUT2D eigenvalue weighted by Gasteiger charge is 2.20. The van der Waals surface area contributed by atoms with Crippen LogP contribution in [0, 0.1) is 0 Å². The zero-order chi connectivity index (χ0) is 11.7. The fraction of sp³-hybridized carbons (Fsp3) is 0.250. The average Bonchev–Trinajstić information content (AvgIpc) is 2.60. The maximum absolute atomic E-state index is 10.9. The van der Waals surface area contributed by atoms with Crippen molar-refractivity contribution in [3.63, 3.8) is 0 Å². The van der Waals surface area contributed by atoms with Gasteiger partial charge in [-0.25, -0.2) is 4.79 Å². The van der Waals surface area contributed by atoms with Crippen LogP contribution in [-0.4, -0.2) is 24.2 Å². The lowest BCUT2D eigenvalue weighted by molar-refractivity contribution is 0.0697. The van der Waals surface area contributed by atoms with Gasteiger partial charge in [0, 0.05) is 23.3 Å². The molecule has 0 radical (unpaired) electrons. The lowest BCUT2D eigenvalue weighted by Gasteiger charge is -2.18. The molecule has 0 unspecified atom stereocenters. The number of carboxylic acids is 1. The van der Waals surface area contributed by atoms with Crippen molar-refractivity contribution in [2.75, 3.05) is 18.0 Å². The van der Waals surface area contributed by atoms with Gasteiger partial charge in [0.25, 0.3) is 0 Å². The molecule has 1 N–H and O–H groups in total. The summed E-state index contributed by atoms with van der Waals surface area (Å²) < 4.78 is 0.904. The summed E-state index contributed by atoms with van der Waals surface area (Å²) in [5.74, 6) is -0.882. The molecule has 0 spiro atoms. The molecule has 16 heavy (non-hydrogen) atoms. The number of hydrogen-bond donors (Lipinski definition) is 1. The Labute approximate surface area is 103 Å². The molecule has 0 aromatic heterocycles. The second-order valence-corrected chi connectivity index (χ2v) is 4.96. The molecule has 1 heterocycles. The van der Waals surface area contributed by atoms with Crippen LogP contribution in [0.1, 0.15) is 15.9 Å². The van der Waals surface area contributed by atoms with Gasteiger partial charge in [0.1, 0.15) is 0 Å². The van der Waals surface area contributed by atoms with Crippen molar-refractivity contribution in [1.29, 1.82) is 0 Å². The minimum Gasteiger partial charge on any atom is -0.478 e. The highest BCUT2D eigenvalue weighted by molar-refractivity contribution is 9.11. The van der Waals surface area contributed by atoms with E-state index in [0.29, 0.717) is 5.56 Å². The van der Waals surface area contributed by atoms with E-state index in [1.165, 1.54) is 5.56 Å². The minimum atomic E-state index is -0.882. The average molecular weight is 282 g/mol. The third-order valence-electron chi connectivity index (χ3n) is 2.69. The van der Waals surface area contributed by atoms with E-state index in [0.717, 1.165) is 29.7 Å². The number of carboxylic acid groups (broad SMARTS) is 1. The first-order valence-electron chi connectivity index (χ1n) is 5.02. The largest absolute Gasteiger partial charge is 0.478 e. The summed E-state index contributed by atoms with van der Waals surface area (Å²) >= 11 is 3.33. The van der Waals surface area contributed by atoms with Crippen molar-refractivity contribution < 1.29 is 9.90 Å². The van der Waals surface area contributed by atoms with Gasteiger partial charge in [-0.1, -0.05) is 28.6 Å². The first kappa shape index (κ1) is 11.2. The maximum atomic E-state index is 10.9. The van der Waals surface area contributed by atoms with Crippen molar-refractivity contribution >= 4 is 27.6 Å². The molecule has 0 saturated carbocycles. The monoisotopic (exact) mass is 281 g/mol. The first-order valence-corrected chi connectivity index (χ1v) is 5.81. The van der Waals surface area contributed by atoms with Gasteiger partial charge in [0.05, 0.1) is 5.56 Å². The Bertz CT molecular complexity index is 456. The fourth-order valence-corrected chi connectivity index (χ4v) is 2.25. The highest BCUT2D eigenvalue weighted by atomic mass is 79.9. The number of halogens is 1. The summed E-state index contributed by atoms with van der Waals surface area (Å²) in [7, 11) is 0. The van der Waals surface area contributed by atoms with Crippen LogP contribution in [-0.2, 0) is 6.42 Å². The van der Waals surface area contributed by atoms with Crippen LogP contribution in [0.5, 0.6) is 0 Å². The number of fused-ring (bicyclic) bond motifs is 1. The van der Waals surface area contributed by atoms with E-state index in [1.54, 1.807) is 12.1 Å². The summed E-state index contributed by atoms with van der Waals surface area (Å²) in [5.41, 5.74) is 2.56. The highest BCUT2D eigenvalue weighted by Crippen LogP contribution is 2.30. The summed E-state index contributed by atoms with van der Waals surface area (Å²) in [6.45, 7) is 5.45. The summed E-state index contributed by atoms with van der Waals surface area (Å²) in [6, 6.07) is 5.30. The topological polar surface area (TPSA) is 40.5 Å². The van der Waals surface area contributed by atoms with Crippen LogP contribution >= 0.6 is 15.9 Å². The van der Waals surface area contributed by atoms with Crippen LogP contribution in [0.25, 0.3) is 0 Å². The summed E-state index contributed by atoms with van der Waals surface area (Å²) in [4.78, 5) is 13.0. The van der Waals surface area contributed by atoms with E-state index in [9.17, 15) is 4.79 Å². The molecular weight excluding hydrogens is 270 g/mol. The van der Waals surface area contributed by atoms with Gasteiger partial charge < -0.3 is 10.0 Å². The Hall–Kier alpha value is -1.29. The maximum Gasteiger partial charge on any atom is 0.335 e. The smallest absolute Gasteiger partial charge is 0.335 e. The number of aromatic carboxylic acids is 1. The standard InChI is InChI=1S/C12H12BrNO2/c1-8(13)7-14-5-4-9-2-3-10(12(15)16)6-11(9)14/h2-3,6H,1,4-5,7H2,(H,15,16). The van der Waals surface area contributed by atoms with E-state index in [1.807, 2.05) is 6.07 Å². The molecule has 0 saturated heterocycles. The van der Waals surface area contributed by atoms with Gasteiger partial charge in [-0.15, -0.1) is 0 Å². The molecule has 1 aromatic rings. The molecule has 1 aliphatic rings. The fourth-order valence-electron chi connectivity index (χ4n) is 1.95. The number of hydrogen-bond acceptors (Lipinski definition) is 2. The van der Waals surface area contributed by atoms with Gasteiger partial charge in [-0.3, -0.25) is 0 Å². The van der Waals surface area contributed by atoms with Crippen LogP contribution < -0.4 is 4.90 Å². The predicted molar refractivity (Wildman–Crippen MR) is 67.4 cm³/mol. The Morgan fingerprint density at radius 1 is 1.56 bits per heavy atom. The molecule has 1 aliphatic heterocycles. The van der Waals surface area contributed by atoms with Crippen molar-refractivity contribution in [2.45, 2.75) is 6.42 Å². The second kappa shape index (κ2) is 4.29. The van der Waals surface area contributed by atoms with Crippen LogP contribution in [0.15, 0.2) is 29.3 Å². The molecule has 0 fully saturated rings. The zero-order valence-corrected chi connectivity index (χ0v) is 10.3. The van der Waals surface area contributed by atoms with Gasteiger partial charge in [-0.05, 0) is 24.1 Å². The van der Waals surface area contributed by atoms with Gasteiger partial charge >= 0.3 is 5.97 Å². The van der Waals surface area contributed by atoms with Gasteiger partial charge in [0.15, 0.2) is 0 Å². The number of nitrogens with zero attached hydrogens (tertiary/aromatic N) is 1. The molecule has 0 amide bonds. The third-order valence-corrected chi connectivity index (χ3v) is 2.94. The molecule has 1 aromatic carbocycles. The van der Waals surface area contributed by atoms with Crippen molar-refractivity contribution in [3.8, 4) is 0 Å². The first-order chi connectivity index (χ1) is 7.58. The van der Waals surface area contributed by atoms with E-state index in [4.69, 9.17) is 5.11 Å². The quantitative estimate of drug-likeness (QED) is 0.926. The molecule has 2 rings (SSSR count). The number of benzene rings is 1. The van der Waals surface area contributed by atoms with Crippen LogP contribution in [0.2, 0.25) is 0 Å². The van der Waals surface area contributed by atoms with E-state index >= 15 is 0 Å². The number of carbonyl (C=O) groups is 1. The Morgan fingerprint density at radius 2 is 2.31 bits per heavy atom. The number of anilines is 1. The Balaban J connectivity index is 2.33. The molecular formula is C12H12BrNO2. The summed E-state index contributed by atoms with van der Waals surface area (Å²) in [6.07, 6.45) is 0.968. The molecule has 3 nitrogen and oxygen atoms in total. The van der Waals surface area contributed by atoms with E-state index in [2.05, 4.69) is 27.4 Å². The lowest BCUT2D eigenvalue weighted by atomic mass is 10.1. The zero-order valence-electron chi connectivity index (χ0n) is 8.74. The number of rotatable bonds is 3. The van der Waals surface area contributed by atoms with Crippen LogP contribution in [0.4, 0.5) is 5.69 Å². The second-order valence-electron chi connectivity index (χ2n) is 3.84. The molecule has 84 valence electrons. The van der Waals surface area contributed by atoms with Crippen molar-refractivity contribution in [1.82, 2.24) is 0 Å². The molecule has 0 bridgehead atoms. The molecule has 4 heteroatoms.